The standard InChI is InChI=1S/C18H28N2/c1-2-19-13-16-8-3-4-9-17(16)14-20-12-11-15-7-5-6-10-18(15)20/h3-4,8-9,15,18-19H,2,5-7,10-14H2,1H3. The van der Waals surface area contributed by atoms with Crippen molar-refractivity contribution in [3.63, 3.8) is 0 Å². The van der Waals surface area contributed by atoms with Gasteiger partial charge in [-0.1, -0.05) is 44.0 Å². The van der Waals surface area contributed by atoms with Crippen LogP contribution in [-0.2, 0) is 13.1 Å². The quantitative estimate of drug-likeness (QED) is 0.881. The molecule has 1 saturated heterocycles. The van der Waals surface area contributed by atoms with Crippen LogP contribution in [0, 0.1) is 5.92 Å². The number of hydrogen-bond donors (Lipinski definition) is 1. The monoisotopic (exact) mass is 272 g/mol. The molecule has 2 atom stereocenters. The SMILES string of the molecule is CCNCc1ccccc1CN1CCC2CCCCC21. The largest absolute Gasteiger partial charge is 0.313 e. The van der Waals surface area contributed by atoms with Crippen LogP contribution in [0.4, 0.5) is 0 Å². The number of benzene rings is 1. The van der Waals surface area contributed by atoms with Crippen molar-refractivity contribution >= 4 is 0 Å². The Morgan fingerprint density at radius 2 is 1.90 bits per heavy atom. The summed E-state index contributed by atoms with van der Waals surface area (Å²) in [7, 11) is 0. The lowest BCUT2D eigenvalue weighted by atomic mass is 9.85. The summed E-state index contributed by atoms with van der Waals surface area (Å²) in [5.74, 6) is 0.990. The van der Waals surface area contributed by atoms with Crippen LogP contribution < -0.4 is 5.32 Å². The molecule has 1 heterocycles. The lowest BCUT2D eigenvalue weighted by Gasteiger charge is -2.32. The summed E-state index contributed by atoms with van der Waals surface area (Å²) in [6, 6.07) is 9.84. The van der Waals surface area contributed by atoms with E-state index >= 15 is 0 Å². The Bertz CT molecular complexity index is 429. The van der Waals surface area contributed by atoms with E-state index in [2.05, 4.69) is 41.4 Å². The van der Waals surface area contributed by atoms with Crippen molar-refractivity contribution in [2.24, 2.45) is 5.92 Å². The van der Waals surface area contributed by atoms with Gasteiger partial charge >= 0.3 is 0 Å². The minimum Gasteiger partial charge on any atom is -0.313 e. The van der Waals surface area contributed by atoms with E-state index in [-0.39, 0.29) is 0 Å². The van der Waals surface area contributed by atoms with Crippen molar-refractivity contribution in [3.8, 4) is 0 Å². The van der Waals surface area contributed by atoms with Gasteiger partial charge in [0.25, 0.3) is 0 Å². The summed E-state index contributed by atoms with van der Waals surface area (Å²) in [5, 5.41) is 3.47. The third-order valence-corrected chi connectivity index (χ3v) is 5.18. The molecule has 1 aromatic rings. The highest BCUT2D eigenvalue weighted by atomic mass is 15.2. The molecule has 0 bridgehead atoms. The van der Waals surface area contributed by atoms with E-state index in [0.717, 1.165) is 31.6 Å². The normalized spacial score (nSPS) is 26.6. The second-order valence-electron chi connectivity index (χ2n) is 6.42. The summed E-state index contributed by atoms with van der Waals surface area (Å²) in [6.07, 6.45) is 7.24. The molecule has 3 rings (SSSR count). The van der Waals surface area contributed by atoms with Crippen LogP contribution in [-0.4, -0.2) is 24.0 Å². The van der Waals surface area contributed by atoms with Crippen molar-refractivity contribution in [3.05, 3.63) is 35.4 Å². The van der Waals surface area contributed by atoms with Gasteiger partial charge in [0.05, 0.1) is 0 Å². The first kappa shape index (κ1) is 14.1. The van der Waals surface area contributed by atoms with Gasteiger partial charge in [-0.15, -0.1) is 0 Å². The molecule has 2 unspecified atom stereocenters. The number of fused-ring (bicyclic) bond motifs is 1. The lowest BCUT2D eigenvalue weighted by molar-refractivity contribution is 0.175. The summed E-state index contributed by atoms with van der Waals surface area (Å²) < 4.78 is 0. The fraction of sp³-hybridized carbons (Fsp3) is 0.667. The maximum atomic E-state index is 3.47. The Hall–Kier alpha value is -0.860. The molecule has 0 spiro atoms. The highest BCUT2D eigenvalue weighted by molar-refractivity contribution is 5.27. The average Bonchev–Trinajstić information content (AvgIpc) is 2.90. The molecule has 2 heteroatoms. The van der Waals surface area contributed by atoms with Crippen LogP contribution in [0.2, 0.25) is 0 Å². The molecule has 0 aromatic heterocycles. The first-order chi connectivity index (χ1) is 9.88. The Morgan fingerprint density at radius 1 is 1.10 bits per heavy atom. The van der Waals surface area contributed by atoms with Gasteiger partial charge in [0.1, 0.15) is 0 Å². The zero-order valence-electron chi connectivity index (χ0n) is 12.8. The summed E-state index contributed by atoms with van der Waals surface area (Å²) in [5.41, 5.74) is 3.01. The van der Waals surface area contributed by atoms with Crippen molar-refractivity contribution in [2.45, 2.75) is 58.2 Å². The molecule has 1 N–H and O–H groups in total. The van der Waals surface area contributed by atoms with Crippen molar-refractivity contribution in [1.29, 1.82) is 0 Å². The topological polar surface area (TPSA) is 15.3 Å². The lowest BCUT2D eigenvalue weighted by Crippen LogP contribution is -2.34. The van der Waals surface area contributed by atoms with E-state index in [1.165, 1.54) is 49.8 Å². The van der Waals surface area contributed by atoms with E-state index in [0.29, 0.717) is 0 Å². The van der Waals surface area contributed by atoms with Crippen LogP contribution in [0.3, 0.4) is 0 Å². The van der Waals surface area contributed by atoms with Gasteiger partial charge in [-0.2, -0.15) is 0 Å². The van der Waals surface area contributed by atoms with Gasteiger partial charge < -0.3 is 5.32 Å². The molecule has 2 nitrogen and oxygen atoms in total. The van der Waals surface area contributed by atoms with Gasteiger partial charge in [0, 0.05) is 19.1 Å². The van der Waals surface area contributed by atoms with Gasteiger partial charge in [-0.25, -0.2) is 0 Å². The Kier molecular flexibility index (Phi) is 4.74. The summed E-state index contributed by atoms with van der Waals surface area (Å²) >= 11 is 0. The van der Waals surface area contributed by atoms with Crippen molar-refractivity contribution < 1.29 is 0 Å². The Balaban J connectivity index is 1.68. The van der Waals surface area contributed by atoms with Crippen LogP contribution in [0.5, 0.6) is 0 Å². The van der Waals surface area contributed by atoms with Crippen LogP contribution in [0.25, 0.3) is 0 Å². The first-order valence-corrected chi connectivity index (χ1v) is 8.40. The Labute approximate surface area is 123 Å². The van der Waals surface area contributed by atoms with Gasteiger partial charge in [0.2, 0.25) is 0 Å². The van der Waals surface area contributed by atoms with E-state index in [1.54, 1.807) is 0 Å². The molecule has 2 fully saturated rings. The van der Waals surface area contributed by atoms with E-state index in [4.69, 9.17) is 0 Å². The number of nitrogens with one attached hydrogen (secondary N) is 1. The van der Waals surface area contributed by atoms with Crippen LogP contribution in [0.15, 0.2) is 24.3 Å². The van der Waals surface area contributed by atoms with Crippen molar-refractivity contribution in [2.75, 3.05) is 13.1 Å². The number of likely N-dealkylation sites (tertiary alicyclic amines) is 1. The molecule has 1 aromatic carbocycles. The highest BCUT2D eigenvalue weighted by Crippen LogP contribution is 2.37. The minimum atomic E-state index is 0.871. The van der Waals surface area contributed by atoms with Crippen LogP contribution in [0.1, 0.15) is 50.2 Å². The van der Waals surface area contributed by atoms with Gasteiger partial charge in [-0.05, 0) is 49.4 Å². The highest BCUT2D eigenvalue weighted by Gasteiger charge is 2.35. The second-order valence-corrected chi connectivity index (χ2v) is 6.42. The molecule has 1 saturated carbocycles. The second kappa shape index (κ2) is 6.73. The van der Waals surface area contributed by atoms with Crippen LogP contribution >= 0.6 is 0 Å². The number of rotatable bonds is 5. The first-order valence-electron chi connectivity index (χ1n) is 8.40. The molecule has 20 heavy (non-hydrogen) atoms. The average molecular weight is 272 g/mol. The van der Waals surface area contributed by atoms with E-state index in [9.17, 15) is 0 Å². The predicted octanol–water partition coefficient (Wildman–Crippen LogP) is 3.56. The maximum Gasteiger partial charge on any atom is 0.0240 e. The smallest absolute Gasteiger partial charge is 0.0240 e. The molecular weight excluding hydrogens is 244 g/mol. The molecule has 110 valence electrons. The zero-order chi connectivity index (χ0) is 13.8. The minimum absolute atomic E-state index is 0.871. The van der Waals surface area contributed by atoms with Gasteiger partial charge in [-0.3, -0.25) is 4.90 Å². The molecule has 1 aliphatic heterocycles. The fourth-order valence-electron chi connectivity index (χ4n) is 4.06. The van der Waals surface area contributed by atoms with Crippen molar-refractivity contribution in [1.82, 2.24) is 10.2 Å². The molecule has 1 aliphatic carbocycles. The third-order valence-electron chi connectivity index (χ3n) is 5.18. The zero-order valence-corrected chi connectivity index (χ0v) is 12.8. The summed E-state index contributed by atoms with van der Waals surface area (Å²) in [6.45, 7) is 6.70. The van der Waals surface area contributed by atoms with E-state index < -0.39 is 0 Å². The third kappa shape index (κ3) is 3.07. The molecule has 0 radical (unpaired) electrons. The molecular formula is C18H28N2. The number of nitrogens with zero attached hydrogens (tertiary/aromatic N) is 1. The predicted molar refractivity (Wildman–Crippen MR) is 84.6 cm³/mol. The fourth-order valence-corrected chi connectivity index (χ4v) is 4.06. The summed E-state index contributed by atoms with van der Waals surface area (Å²) in [4.78, 5) is 2.76. The maximum absolute atomic E-state index is 3.47. The number of hydrogen-bond acceptors (Lipinski definition) is 2. The van der Waals surface area contributed by atoms with Gasteiger partial charge in [0.15, 0.2) is 0 Å². The molecule has 2 aliphatic rings. The Morgan fingerprint density at radius 3 is 2.75 bits per heavy atom. The molecule has 0 amide bonds. The van der Waals surface area contributed by atoms with E-state index in [1.807, 2.05) is 0 Å².